The summed E-state index contributed by atoms with van der Waals surface area (Å²) in [7, 11) is 0. The van der Waals surface area contributed by atoms with Crippen LogP contribution in [0.1, 0.15) is 19.8 Å². The highest BCUT2D eigenvalue weighted by molar-refractivity contribution is 8.00. The van der Waals surface area contributed by atoms with Gasteiger partial charge >= 0.3 is 0 Å². The molecule has 8 heteroatoms. The first-order valence-corrected chi connectivity index (χ1v) is 8.94. The average Bonchev–Trinajstić information content (AvgIpc) is 2.58. The number of nitro groups is 1. The van der Waals surface area contributed by atoms with Crippen molar-refractivity contribution in [2.24, 2.45) is 5.92 Å². The van der Waals surface area contributed by atoms with Crippen LogP contribution in [-0.2, 0) is 4.79 Å². The third-order valence-corrected chi connectivity index (χ3v) is 5.06. The van der Waals surface area contributed by atoms with Gasteiger partial charge in [0.25, 0.3) is 5.69 Å². The number of hydrogen-bond donors (Lipinski definition) is 1. The number of hydrogen-bond acceptors (Lipinski definition) is 5. The minimum atomic E-state index is -0.419. The first-order valence-electron chi connectivity index (χ1n) is 7.96. The van der Waals surface area contributed by atoms with E-state index in [1.54, 1.807) is 12.1 Å². The van der Waals surface area contributed by atoms with Crippen molar-refractivity contribution in [1.29, 1.82) is 0 Å². The molecule has 1 saturated heterocycles. The Balaban J connectivity index is 0.00000288. The van der Waals surface area contributed by atoms with Crippen LogP contribution < -0.4 is 5.32 Å². The maximum absolute atomic E-state index is 12.2. The molecular weight excluding hydrogens is 350 g/mol. The molecule has 24 heavy (non-hydrogen) atoms. The number of nitrogens with zero attached hydrogens (tertiary/aromatic N) is 2. The van der Waals surface area contributed by atoms with E-state index in [9.17, 15) is 14.9 Å². The zero-order valence-electron chi connectivity index (χ0n) is 13.8. The van der Waals surface area contributed by atoms with Gasteiger partial charge in [-0.3, -0.25) is 14.9 Å². The summed E-state index contributed by atoms with van der Waals surface area (Å²) in [6.45, 7) is 5.79. The van der Waals surface area contributed by atoms with Crippen LogP contribution in [0.25, 0.3) is 0 Å². The molecule has 1 N–H and O–H groups in total. The quantitative estimate of drug-likeness (QED) is 0.451. The Bertz CT molecular complexity index is 534. The van der Waals surface area contributed by atoms with E-state index in [-0.39, 0.29) is 24.0 Å². The van der Waals surface area contributed by atoms with Gasteiger partial charge in [-0.15, -0.1) is 24.2 Å². The molecule has 134 valence electrons. The van der Waals surface area contributed by atoms with E-state index in [2.05, 4.69) is 12.2 Å². The Labute approximate surface area is 152 Å². The van der Waals surface area contributed by atoms with Crippen LogP contribution in [-0.4, -0.2) is 47.7 Å². The van der Waals surface area contributed by atoms with Gasteiger partial charge in [-0.05, 0) is 44.0 Å². The molecule has 0 aliphatic carbocycles. The van der Waals surface area contributed by atoms with Crippen molar-refractivity contribution >= 4 is 35.8 Å². The molecule has 1 amide bonds. The average molecular weight is 374 g/mol. The predicted octanol–water partition coefficient (Wildman–Crippen LogP) is 2.96. The largest absolute Gasteiger partial charge is 0.342 e. The molecule has 1 aliphatic heterocycles. The molecule has 0 saturated carbocycles. The highest BCUT2D eigenvalue weighted by atomic mass is 35.5. The Morgan fingerprint density at radius 1 is 1.33 bits per heavy atom. The first kappa shape index (κ1) is 20.7. The molecule has 2 rings (SSSR count). The molecule has 0 bridgehead atoms. The van der Waals surface area contributed by atoms with E-state index in [0.717, 1.165) is 43.9 Å². The van der Waals surface area contributed by atoms with E-state index in [4.69, 9.17) is 0 Å². The number of likely N-dealkylation sites (tertiary alicyclic amines) is 1. The van der Waals surface area contributed by atoms with Crippen molar-refractivity contribution in [2.75, 3.05) is 31.9 Å². The van der Waals surface area contributed by atoms with Gasteiger partial charge in [-0.25, -0.2) is 0 Å². The minimum absolute atomic E-state index is 0. The predicted molar refractivity (Wildman–Crippen MR) is 98.9 cm³/mol. The summed E-state index contributed by atoms with van der Waals surface area (Å²) in [6.07, 6.45) is 2.11. The number of piperidine rings is 1. The summed E-state index contributed by atoms with van der Waals surface area (Å²) < 4.78 is 0. The fraction of sp³-hybridized carbons (Fsp3) is 0.562. The highest BCUT2D eigenvalue weighted by Gasteiger charge is 2.22. The molecule has 0 spiro atoms. The lowest BCUT2D eigenvalue weighted by molar-refractivity contribution is -0.384. The zero-order valence-corrected chi connectivity index (χ0v) is 15.4. The number of nitro benzene ring substituents is 1. The summed E-state index contributed by atoms with van der Waals surface area (Å²) >= 11 is 1.43. The van der Waals surface area contributed by atoms with Crippen LogP contribution in [0.15, 0.2) is 29.2 Å². The summed E-state index contributed by atoms with van der Waals surface area (Å²) in [4.78, 5) is 25.3. The van der Waals surface area contributed by atoms with Crippen LogP contribution in [0, 0.1) is 16.0 Å². The second-order valence-corrected chi connectivity index (χ2v) is 6.72. The van der Waals surface area contributed by atoms with Gasteiger partial charge in [0, 0.05) is 30.1 Å². The lowest BCUT2D eigenvalue weighted by atomic mass is 9.97. The third kappa shape index (κ3) is 6.30. The molecule has 1 heterocycles. The molecule has 0 aromatic heterocycles. The Kier molecular flexibility index (Phi) is 9.10. The van der Waals surface area contributed by atoms with E-state index >= 15 is 0 Å². The second-order valence-electron chi connectivity index (χ2n) is 5.67. The number of non-ortho nitro benzene ring substituents is 1. The van der Waals surface area contributed by atoms with Crippen LogP contribution in [0.2, 0.25) is 0 Å². The van der Waals surface area contributed by atoms with Crippen LogP contribution in [0.3, 0.4) is 0 Å². The van der Waals surface area contributed by atoms with Gasteiger partial charge in [0.1, 0.15) is 0 Å². The van der Waals surface area contributed by atoms with Gasteiger partial charge < -0.3 is 10.2 Å². The summed E-state index contributed by atoms with van der Waals surface area (Å²) in [5, 5.41) is 14.0. The van der Waals surface area contributed by atoms with E-state index < -0.39 is 4.92 Å². The number of rotatable bonds is 7. The SMILES string of the molecule is CCNCC1CCN(C(=O)CSc2ccc([N+](=O)[O-])cc2)CC1.Cl. The molecule has 0 unspecified atom stereocenters. The number of carbonyl (C=O) groups excluding carboxylic acids is 1. The molecule has 1 aliphatic rings. The van der Waals surface area contributed by atoms with Gasteiger partial charge in [0.2, 0.25) is 5.91 Å². The maximum Gasteiger partial charge on any atom is 0.269 e. The molecule has 1 aromatic rings. The standard InChI is InChI=1S/C16H23N3O3S.ClH/c1-2-17-11-13-7-9-18(10-8-13)16(20)12-23-15-5-3-14(4-6-15)19(21)22;/h3-6,13,17H,2,7-12H2,1H3;1H. The molecule has 0 atom stereocenters. The van der Waals surface area contributed by atoms with Crippen molar-refractivity contribution in [3.05, 3.63) is 34.4 Å². The van der Waals surface area contributed by atoms with Gasteiger partial charge in [-0.2, -0.15) is 0 Å². The Hall–Kier alpha value is -1.31. The molecule has 0 radical (unpaired) electrons. The first-order chi connectivity index (χ1) is 11.1. The summed E-state index contributed by atoms with van der Waals surface area (Å²) in [5.74, 6) is 1.20. The Morgan fingerprint density at radius 3 is 2.50 bits per heavy atom. The third-order valence-electron chi connectivity index (χ3n) is 4.06. The van der Waals surface area contributed by atoms with Crippen LogP contribution in [0.4, 0.5) is 5.69 Å². The topological polar surface area (TPSA) is 75.5 Å². The summed E-state index contributed by atoms with van der Waals surface area (Å²) in [6, 6.07) is 6.33. The van der Waals surface area contributed by atoms with Crippen molar-refractivity contribution in [3.63, 3.8) is 0 Å². The van der Waals surface area contributed by atoms with Crippen molar-refractivity contribution in [2.45, 2.75) is 24.7 Å². The maximum atomic E-state index is 12.2. The van der Waals surface area contributed by atoms with E-state index in [1.165, 1.54) is 23.9 Å². The molecule has 1 aromatic carbocycles. The fourth-order valence-electron chi connectivity index (χ4n) is 2.64. The number of benzene rings is 1. The molecule has 6 nitrogen and oxygen atoms in total. The lowest BCUT2D eigenvalue weighted by Gasteiger charge is -2.32. The lowest BCUT2D eigenvalue weighted by Crippen LogP contribution is -2.41. The number of halogens is 1. The zero-order chi connectivity index (χ0) is 16.7. The van der Waals surface area contributed by atoms with E-state index in [0.29, 0.717) is 11.7 Å². The van der Waals surface area contributed by atoms with Gasteiger partial charge in [-0.1, -0.05) is 6.92 Å². The van der Waals surface area contributed by atoms with Crippen molar-refractivity contribution in [3.8, 4) is 0 Å². The normalized spacial score (nSPS) is 15.0. The van der Waals surface area contributed by atoms with Crippen molar-refractivity contribution < 1.29 is 9.72 Å². The monoisotopic (exact) mass is 373 g/mol. The Morgan fingerprint density at radius 2 is 1.96 bits per heavy atom. The molecular formula is C16H24ClN3O3S. The number of nitrogens with one attached hydrogen (secondary N) is 1. The van der Waals surface area contributed by atoms with Gasteiger partial charge in [0.05, 0.1) is 10.7 Å². The molecule has 1 fully saturated rings. The van der Waals surface area contributed by atoms with Crippen LogP contribution >= 0.6 is 24.2 Å². The summed E-state index contributed by atoms with van der Waals surface area (Å²) in [5.41, 5.74) is 0.0726. The number of amides is 1. The highest BCUT2D eigenvalue weighted by Crippen LogP contribution is 2.23. The van der Waals surface area contributed by atoms with Crippen LogP contribution in [0.5, 0.6) is 0 Å². The second kappa shape index (κ2) is 10.5. The van der Waals surface area contributed by atoms with E-state index in [1.807, 2.05) is 4.90 Å². The minimum Gasteiger partial charge on any atom is -0.342 e. The smallest absolute Gasteiger partial charge is 0.269 e. The fourth-order valence-corrected chi connectivity index (χ4v) is 3.44. The van der Waals surface area contributed by atoms with Crippen molar-refractivity contribution in [1.82, 2.24) is 10.2 Å². The number of thioether (sulfide) groups is 1. The number of carbonyl (C=O) groups is 1. The van der Waals surface area contributed by atoms with Gasteiger partial charge in [0.15, 0.2) is 0 Å².